The minimum Gasteiger partial charge on any atom is -0.508 e. The van der Waals surface area contributed by atoms with Gasteiger partial charge in [-0.05, 0) is 34.9 Å². The van der Waals surface area contributed by atoms with Gasteiger partial charge in [-0.2, -0.15) is 0 Å². The molecule has 3 heterocycles. The molecule has 176 valence electrons. The van der Waals surface area contributed by atoms with E-state index in [9.17, 15) is 20.4 Å². The number of hydrogen-bond acceptors (Lipinski definition) is 7. The minimum atomic E-state index is -1.25. The van der Waals surface area contributed by atoms with Gasteiger partial charge in [-0.3, -0.25) is 0 Å². The van der Waals surface area contributed by atoms with Crippen molar-refractivity contribution in [2.45, 2.75) is 43.6 Å². The number of aliphatic hydroxyl groups excluding tert-OH is 3. The van der Waals surface area contributed by atoms with E-state index in [-0.39, 0.29) is 11.7 Å². The van der Waals surface area contributed by atoms with Crippen LogP contribution in [0.25, 0.3) is 23.1 Å². The second-order valence-electron chi connectivity index (χ2n) is 9.14. The molecule has 8 heteroatoms. The Morgan fingerprint density at radius 2 is 1.88 bits per heavy atom. The fourth-order valence-corrected chi connectivity index (χ4v) is 5.14. The van der Waals surface area contributed by atoms with Crippen molar-refractivity contribution in [1.82, 2.24) is 4.57 Å². The number of aromatic nitrogens is 1. The Hall–Kier alpha value is -3.17. The van der Waals surface area contributed by atoms with E-state index < -0.39 is 37.3 Å². The number of fused-ring (bicyclic) bond motifs is 3. The predicted octanol–water partition coefficient (Wildman–Crippen LogP) is 0.212. The van der Waals surface area contributed by atoms with Gasteiger partial charge in [0.05, 0.1) is 17.7 Å². The number of phenols is 1. The number of ether oxygens (including phenoxy) is 2. The standard InChI is InChI=1S/C26H26N2O6/c29-13-21-23(31)24(32)22-26(33-21)34-25(27-22)19-12-28(20-10-17(30)7-8-18(19)20)11-14-5-6-15-3-1-2-4-16(15)9-14/h1-4,6-10,12,14,21-24,26,29-32H,5,11,13H2/t14?,21?,22-,23-,24?,26-/m1/s1. The molecular weight excluding hydrogens is 436 g/mol. The molecule has 0 saturated carbocycles. The van der Waals surface area contributed by atoms with Crippen LogP contribution >= 0.6 is 0 Å². The molecule has 0 amide bonds. The van der Waals surface area contributed by atoms with Crippen LogP contribution in [0.1, 0.15) is 12.0 Å². The zero-order chi connectivity index (χ0) is 23.4. The number of hydrogen-bond donors (Lipinski definition) is 4. The van der Waals surface area contributed by atoms with Gasteiger partial charge in [0.25, 0.3) is 0 Å². The molecule has 0 spiro atoms. The van der Waals surface area contributed by atoms with Crippen LogP contribution in [-0.4, -0.2) is 68.1 Å². The van der Waals surface area contributed by atoms with Crippen molar-refractivity contribution in [1.29, 1.82) is 0 Å². The Labute approximate surface area is 195 Å². The highest BCUT2D eigenvalue weighted by Gasteiger charge is 2.49. The molecule has 1 fully saturated rings. The maximum Gasteiger partial charge on any atom is 0.227 e. The smallest absolute Gasteiger partial charge is 0.227 e. The molecule has 6 atom stereocenters. The van der Waals surface area contributed by atoms with Gasteiger partial charge in [0.2, 0.25) is 12.2 Å². The third-order valence-corrected chi connectivity index (χ3v) is 6.92. The number of aliphatic imine (C=N–C) groups is 1. The fourth-order valence-electron chi connectivity index (χ4n) is 5.14. The van der Waals surface area contributed by atoms with Crippen molar-refractivity contribution in [3.05, 3.63) is 64.7 Å². The number of benzene rings is 2. The molecule has 8 nitrogen and oxygen atoms in total. The Morgan fingerprint density at radius 3 is 2.71 bits per heavy atom. The number of rotatable bonds is 4. The monoisotopic (exact) mass is 462 g/mol. The molecule has 3 unspecified atom stereocenters. The summed E-state index contributed by atoms with van der Waals surface area (Å²) < 4.78 is 13.7. The van der Waals surface area contributed by atoms with Gasteiger partial charge in [-0.25, -0.2) is 4.99 Å². The molecule has 0 bridgehead atoms. The first-order valence-electron chi connectivity index (χ1n) is 11.5. The lowest BCUT2D eigenvalue weighted by atomic mass is 9.97. The molecule has 1 aliphatic carbocycles. The van der Waals surface area contributed by atoms with E-state index >= 15 is 0 Å². The van der Waals surface area contributed by atoms with Crippen LogP contribution in [0, 0.1) is 5.92 Å². The number of phenolic OH excluding ortho intramolecular Hbond substituents is 1. The third kappa shape index (κ3) is 3.50. The summed E-state index contributed by atoms with van der Waals surface area (Å²) in [5.41, 5.74) is 1.56. The van der Waals surface area contributed by atoms with Crippen LogP contribution in [-0.2, 0) is 16.0 Å². The van der Waals surface area contributed by atoms with Crippen molar-refractivity contribution in [3.8, 4) is 5.75 Å². The molecule has 1 aromatic heterocycles. The SMILES string of the molecule is OCC1O[C@@H]2OC(c3cn(CC4C=c5ccccc5=CC4)c4cc(O)ccc34)=N[C@@H]2C(O)[C@@H]1O. The van der Waals surface area contributed by atoms with E-state index in [1.54, 1.807) is 12.1 Å². The topological polar surface area (TPSA) is 117 Å². The van der Waals surface area contributed by atoms with Crippen molar-refractivity contribution in [2.24, 2.45) is 10.9 Å². The van der Waals surface area contributed by atoms with Crippen LogP contribution in [0.4, 0.5) is 0 Å². The number of nitrogens with zero attached hydrogens (tertiary/aromatic N) is 2. The molecule has 3 aliphatic rings. The van der Waals surface area contributed by atoms with E-state index in [2.05, 4.69) is 33.8 Å². The molecule has 0 radical (unpaired) electrons. The van der Waals surface area contributed by atoms with E-state index in [1.165, 1.54) is 10.4 Å². The predicted molar refractivity (Wildman–Crippen MR) is 126 cm³/mol. The average molecular weight is 463 g/mol. The lowest BCUT2D eigenvalue weighted by molar-refractivity contribution is -0.234. The van der Waals surface area contributed by atoms with Gasteiger partial charge in [-0.1, -0.05) is 36.4 Å². The van der Waals surface area contributed by atoms with Gasteiger partial charge in [0.15, 0.2) is 0 Å². The zero-order valence-electron chi connectivity index (χ0n) is 18.4. The fraction of sp³-hybridized carbons (Fsp3) is 0.346. The summed E-state index contributed by atoms with van der Waals surface area (Å²) in [6.45, 7) is 0.270. The molecule has 2 aliphatic heterocycles. The first-order chi connectivity index (χ1) is 16.5. The maximum atomic E-state index is 10.5. The second kappa shape index (κ2) is 8.25. The number of aliphatic hydroxyl groups is 3. The lowest BCUT2D eigenvalue weighted by Gasteiger charge is -2.36. The highest BCUT2D eigenvalue weighted by atomic mass is 16.7. The molecule has 4 N–H and O–H groups in total. The van der Waals surface area contributed by atoms with Crippen molar-refractivity contribution in [2.75, 3.05) is 6.61 Å². The van der Waals surface area contributed by atoms with Gasteiger partial charge in [-0.15, -0.1) is 0 Å². The largest absolute Gasteiger partial charge is 0.508 e. The Bertz CT molecular complexity index is 1400. The molecule has 3 aromatic rings. The molecule has 1 saturated heterocycles. The normalized spacial score (nSPS) is 30.0. The molecule has 6 rings (SSSR count). The third-order valence-electron chi connectivity index (χ3n) is 6.92. The van der Waals surface area contributed by atoms with Gasteiger partial charge < -0.3 is 34.5 Å². The van der Waals surface area contributed by atoms with Crippen LogP contribution in [0.3, 0.4) is 0 Å². The Kier molecular flexibility index (Phi) is 5.18. The van der Waals surface area contributed by atoms with Gasteiger partial charge in [0.1, 0.15) is 30.1 Å². The maximum absolute atomic E-state index is 10.5. The summed E-state index contributed by atoms with van der Waals surface area (Å²) in [4.78, 5) is 4.53. The average Bonchev–Trinajstić information content (AvgIpc) is 3.43. The van der Waals surface area contributed by atoms with Gasteiger partial charge >= 0.3 is 0 Å². The number of aromatic hydroxyl groups is 1. The summed E-state index contributed by atoms with van der Waals surface area (Å²) in [7, 11) is 0. The van der Waals surface area contributed by atoms with E-state index in [1.807, 2.05) is 24.4 Å². The Morgan fingerprint density at radius 1 is 1.06 bits per heavy atom. The summed E-state index contributed by atoms with van der Waals surface area (Å²) in [5.74, 6) is 0.748. The van der Waals surface area contributed by atoms with Crippen LogP contribution in [0.5, 0.6) is 5.75 Å². The van der Waals surface area contributed by atoms with Crippen LogP contribution < -0.4 is 10.4 Å². The van der Waals surface area contributed by atoms with E-state index in [0.717, 1.165) is 22.9 Å². The summed E-state index contributed by atoms with van der Waals surface area (Å²) in [6, 6.07) is 12.7. The van der Waals surface area contributed by atoms with Crippen LogP contribution in [0.15, 0.2) is 53.7 Å². The van der Waals surface area contributed by atoms with Gasteiger partial charge in [0, 0.05) is 24.2 Å². The van der Waals surface area contributed by atoms with Crippen LogP contribution in [0.2, 0.25) is 0 Å². The van der Waals surface area contributed by atoms with E-state index in [0.29, 0.717) is 12.4 Å². The summed E-state index contributed by atoms with van der Waals surface area (Å²) in [5, 5.41) is 43.6. The van der Waals surface area contributed by atoms with Crippen molar-refractivity contribution >= 4 is 29.0 Å². The van der Waals surface area contributed by atoms with E-state index in [4.69, 9.17) is 9.47 Å². The quantitative estimate of drug-likeness (QED) is 0.441. The minimum absolute atomic E-state index is 0.165. The second-order valence-corrected chi connectivity index (χ2v) is 9.14. The molecule has 34 heavy (non-hydrogen) atoms. The summed E-state index contributed by atoms with van der Waals surface area (Å²) >= 11 is 0. The summed E-state index contributed by atoms with van der Waals surface area (Å²) in [6.07, 6.45) is 3.09. The highest BCUT2D eigenvalue weighted by Crippen LogP contribution is 2.34. The van der Waals surface area contributed by atoms with Crippen molar-refractivity contribution in [3.63, 3.8) is 0 Å². The first-order valence-corrected chi connectivity index (χ1v) is 11.5. The zero-order valence-corrected chi connectivity index (χ0v) is 18.4. The Balaban J connectivity index is 1.36. The first kappa shape index (κ1) is 21.4. The molecular formula is C26H26N2O6. The van der Waals surface area contributed by atoms with Crippen molar-refractivity contribution < 1.29 is 29.9 Å². The highest BCUT2D eigenvalue weighted by molar-refractivity contribution is 6.08. The molecule has 2 aromatic carbocycles. The lowest BCUT2D eigenvalue weighted by Crippen LogP contribution is -2.56.